The van der Waals surface area contributed by atoms with Gasteiger partial charge in [0, 0.05) is 38.6 Å². The summed E-state index contributed by atoms with van der Waals surface area (Å²) in [5.41, 5.74) is 3.53. The summed E-state index contributed by atoms with van der Waals surface area (Å²) in [5.74, 6) is -0.383. The summed E-state index contributed by atoms with van der Waals surface area (Å²) >= 11 is 0. The SMILES string of the molecule is CC(c1ccc(F)c(N(C)C(C)C)c1)N1CC(C)N(C(=O)CN(C)C)[C@@H](Cc2ccc(O)cc2)C1=O.CC=O.CNCc1ccccc1. The lowest BCUT2D eigenvalue weighted by atomic mass is 9.95. The Morgan fingerprint density at radius 2 is 1.62 bits per heavy atom. The molecule has 2 amide bonds. The second-order valence-corrected chi connectivity index (χ2v) is 12.6. The van der Waals surface area contributed by atoms with E-state index in [-0.39, 0.29) is 48.1 Å². The van der Waals surface area contributed by atoms with Gasteiger partial charge in [-0.25, -0.2) is 4.39 Å². The molecule has 0 spiro atoms. The van der Waals surface area contributed by atoms with Crippen molar-refractivity contribution in [3.63, 3.8) is 0 Å². The van der Waals surface area contributed by atoms with E-state index in [1.54, 1.807) is 40.1 Å². The summed E-state index contributed by atoms with van der Waals surface area (Å²) < 4.78 is 14.6. The molecule has 0 aliphatic carbocycles. The summed E-state index contributed by atoms with van der Waals surface area (Å²) in [7, 11) is 7.47. The normalized spacial score (nSPS) is 16.5. The molecule has 2 unspecified atom stereocenters. The van der Waals surface area contributed by atoms with Gasteiger partial charge in [0.2, 0.25) is 11.8 Å². The molecule has 2 N–H and O–H groups in total. The van der Waals surface area contributed by atoms with Gasteiger partial charge in [0.1, 0.15) is 23.9 Å². The molecule has 1 fully saturated rings. The summed E-state index contributed by atoms with van der Waals surface area (Å²) in [6.07, 6.45) is 1.09. The molecule has 1 heterocycles. The number of phenols is 1. The Labute approximate surface area is 286 Å². The van der Waals surface area contributed by atoms with Gasteiger partial charge in [-0.15, -0.1) is 0 Å². The van der Waals surface area contributed by atoms with Gasteiger partial charge in [-0.3, -0.25) is 9.59 Å². The number of nitrogens with one attached hydrogen (secondary N) is 1. The zero-order valence-electron chi connectivity index (χ0n) is 30.0. The van der Waals surface area contributed by atoms with Gasteiger partial charge >= 0.3 is 0 Å². The average molecular weight is 664 g/mol. The Kier molecular flexibility index (Phi) is 16.2. The number of amides is 2. The second-order valence-electron chi connectivity index (χ2n) is 12.6. The number of carbonyl (C=O) groups excluding carboxylic acids is 3. The molecule has 1 saturated heterocycles. The predicted octanol–water partition coefficient (Wildman–Crippen LogP) is 5.28. The zero-order valence-corrected chi connectivity index (χ0v) is 30.0. The Morgan fingerprint density at radius 1 is 1.02 bits per heavy atom. The van der Waals surface area contributed by atoms with Gasteiger partial charge in [-0.2, -0.15) is 0 Å². The molecule has 0 bridgehead atoms. The molecule has 0 saturated carbocycles. The third-order valence-corrected chi connectivity index (χ3v) is 8.24. The minimum absolute atomic E-state index is 0.0976. The smallest absolute Gasteiger partial charge is 0.246 e. The molecule has 3 aromatic carbocycles. The van der Waals surface area contributed by atoms with Crippen molar-refractivity contribution in [3.8, 4) is 5.75 Å². The fourth-order valence-electron chi connectivity index (χ4n) is 5.56. The predicted molar refractivity (Wildman–Crippen MR) is 191 cm³/mol. The van der Waals surface area contributed by atoms with Gasteiger partial charge in [0.25, 0.3) is 0 Å². The lowest BCUT2D eigenvalue weighted by molar-refractivity contribution is -0.157. The molecule has 4 rings (SSSR count). The molecular weight excluding hydrogens is 609 g/mol. The van der Waals surface area contributed by atoms with Crippen LogP contribution in [0.25, 0.3) is 0 Å². The highest BCUT2D eigenvalue weighted by molar-refractivity contribution is 5.90. The molecule has 9 nitrogen and oxygen atoms in total. The lowest BCUT2D eigenvalue weighted by Crippen LogP contribution is -2.64. The minimum Gasteiger partial charge on any atom is -0.508 e. The van der Waals surface area contributed by atoms with E-state index in [4.69, 9.17) is 4.79 Å². The number of nitrogens with zero attached hydrogens (tertiary/aromatic N) is 4. The lowest BCUT2D eigenvalue weighted by Gasteiger charge is -2.47. The van der Waals surface area contributed by atoms with Crippen molar-refractivity contribution in [2.24, 2.45) is 0 Å². The molecule has 3 atom stereocenters. The Bertz CT molecular complexity index is 1430. The first-order valence-electron chi connectivity index (χ1n) is 16.4. The van der Waals surface area contributed by atoms with E-state index in [9.17, 15) is 19.1 Å². The first kappa shape index (κ1) is 39.9. The number of halogens is 1. The molecular formula is C38H54FN5O4. The monoisotopic (exact) mass is 663 g/mol. The van der Waals surface area contributed by atoms with Crippen LogP contribution in [-0.2, 0) is 27.3 Å². The Balaban J connectivity index is 0.000000562. The van der Waals surface area contributed by atoms with Crippen LogP contribution >= 0.6 is 0 Å². The number of anilines is 1. The molecule has 1 aliphatic heterocycles. The number of piperazine rings is 1. The standard InChI is InChI=1S/C28H39FN4O3.C8H11N.C2H4O/c1-18(2)31(7)25-15-22(10-13-24(25)29)20(4)32-16-19(3)33(27(35)17-30(5)6)26(28(32)36)14-21-8-11-23(34)12-9-21;1-9-7-8-5-3-2-4-6-8;1-2-3/h8-13,15,18-20,26,34H,14,16-17H2,1-7H3;2-6,9H,7H2,1H3;2H,1H3/t19?,20?,26-;;/m0../s1. The van der Waals surface area contributed by atoms with Crippen LogP contribution in [0.15, 0.2) is 72.8 Å². The van der Waals surface area contributed by atoms with Gasteiger partial charge in [-0.1, -0.05) is 48.5 Å². The van der Waals surface area contributed by atoms with E-state index in [1.165, 1.54) is 18.6 Å². The summed E-state index contributed by atoms with van der Waals surface area (Å²) in [6.45, 7) is 10.9. The van der Waals surface area contributed by atoms with Crippen molar-refractivity contribution in [3.05, 3.63) is 95.3 Å². The van der Waals surface area contributed by atoms with E-state index >= 15 is 0 Å². The highest BCUT2D eigenvalue weighted by Crippen LogP contribution is 2.32. The highest BCUT2D eigenvalue weighted by Gasteiger charge is 2.43. The van der Waals surface area contributed by atoms with Crippen LogP contribution < -0.4 is 10.2 Å². The van der Waals surface area contributed by atoms with Crippen molar-refractivity contribution in [1.82, 2.24) is 20.0 Å². The van der Waals surface area contributed by atoms with Crippen LogP contribution in [0.5, 0.6) is 5.75 Å². The zero-order chi connectivity index (χ0) is 36.0. The summed E-state index contributed by atoms with van der Waals surface area (Å²) in [6, 6.07) is 21.0. The maximum absolute atomic E-state index is 14.6. The van der Waals surface area contributed by atoms with Gasteiger partial charge in [-0.05, 0) is 96.7 Å². The van der Waals surface area contributed by atoms with Crippen LogP contribution in [0, 0.1) is 5.82 Å². The number of rotatable bonds is 10. The van der Waals surface area contributed by atoms with Gasteiger partial charge < -0.3 is 34.8 Å². The molecule has 262 valence electrons. The minimum atomic E-state index is -0.675. The second kappa shape index (κ2) is 19.5. The fraction of sp³-hybridized carbons (Fsp3) is 0.447. The van der Waals surface area contributed by atoms with Gasteiger partial charge in [0.15, 0.2) is 0 Å². The average Bonchev–Trinajstić information content (AvgIpc) is 3.04. The van der Waals surface area contributed by atoms with Crippen LogP contribution in [0.2, 0.25) is 0 Å². The topological polar surface area (TPSA) is 96.4 Å². The quantitative estimate of drug-likeness (QED) is 0.285. The van der Waals surface area contributed by atoms with Crippen molar-refractivity contribution in [1.29, 1.82) is 0 Å². The molecule has 0 aromatic heterocycles. The number of aldehydes is 1. The number of carbonyl (C=O) groups is 3. The Hall–Kier alpha value is -4.28. The van der Waals surface area contributed by atoms with Crippen LogP contribution in [-0.4, -0.2) is 97.3 Å². The number of hydrogen-bond donors (Lipinski definition) is 2. The first-order valence-corrected chi connectivity index (χ1v) is 16.4. The molecule has 1 aliphatic rings. The number of aromatic hydroxyl groups is 1. The van der Waals surface area contributed by atoms with E-state index < -0.39 is 6.04 Å². The van der Waals surface area contributed by atoms with Crippen molar-refractivity contribution in [2.45, 2.75) is 71.8 Å². The Morgan fingerprint density at radius 3 is 2.17 bits per heavy atom. The number of likely N-dealkylation sites (N-methyl/N-ethyl adjacent to an activating group) is 1. The van der Waals surface area contributed by atoms with Crippen molar-refractivity contribution >= 4 is 23.8 Å². The van der Waals surface area contributed by atoms with E-state index in [1.807, 2.05) is 90.0 Å². The summed E-state index contributed by atoms with van der Waals surface area (Å²) in [4.78, 5) is 43.2. The van der Waals surface area contributed by atoms with Crippen LogP contribution in [0.1, 0.15) is 57.4 Å². The number of benzene rings is 3. The van der Waals surface area contributed by atoms with E-state index in [0.717, 1.165) is 24.0 Å². The third kappa shape index (κ3) is 11.5. The van der Waals surface area contributed by atoms with Crippen LogP contribution in [0.3, 0.4) is 0 Å². The van der Waals surface area contributed by atoms with E-state index in [2.05, 4.69) is 17.4 Å². The maximum Gasteiger partial charge on any atom is 0.246 e. The van der Waals surface area contributed by atoms with Crippen molar-refractivity contribution in [2.75, 3.05) is 46.2 Å². The molecule has 10 heteroatoms. The number of hydrogen-bond acceptors (Lipinski definition) is 7. The maximum atomic E-state index is 14.6. The molecule has 0 radical (unpaired) electrons. The first-order chi connectivity index (χ1) is 22.7. The molecule has 3 aromatic rings. The van der Waals surface area contributed by atoms with Crippen molar-refractivity contribution < 1.29 is 23.9 Å². The van der Waals surface area contributed by atoms with E-state index in [0.29, 0.717) is 18.7 Å². The summed E-state index contributed by atoms with van der Waals surface area (Å²) in [5, 5.41) is 12.8. The number of phenolic OH excluding ortho intramolecular Hbond substituents is 1. The third-order valence-electron chi connectivity index (χ3n) is 8.24. The van der Waals surface area contributed by atoms with Crippen LogP contribution in [0.4, 0.5) is 10.1 Å². The largest absolute Gasteiger partial charge is 0.508 e. The highest BCUT2D eigenvalue weighted by atomic mass is 19.1. The molecule has 48 heavy (non-hydrogen) atoms. The fourth-order valence-corrected chi connectivity index (χ4v) is 5.56. The van der Waals surface area contributed by atoms with Gasteiger partial charge in [0.05, 0.1) is 18.3 Å².